The van der Waals surface area contributed by atoms with E-state index in [9.17, 15) is 0 Å². The van der Waals surface area contributed by atoms with Gasteiger partial charge in [0.05, 0.1) is 22.1 Å². The lowest BCUT2D eigenvalue weighted by Crippen LogP contribution is -1.93. The second-order valence-corrected chi connectivity index (χ2v) is 31.1. The molecule has 0 spiro atoms. The van der Waals surface area contributed by atoms with Gasteiger partial charge in [-0.15, -0.1) is 22.7 Å². The molecule has 112 heavy (non-hydrogen) atoms. The fraction of sp³-hybridized carbons (Fsp3) is 0. The van der Waals surface area contributed by atoms with Crippen LogP contribution in [0.2, 0.25) is 0 Å². The number of thiophene rings is 2. The van der Waals surface area contributed by atoms with Crippen molar-refractivity contribution in [3.8, 4) is 123 Å². The minimum atomic E-state index is 1.16. The van der Waals surface area contributed by atoms with Crippen molar-refractivity contribution in [3.63, 3.8) is 0 Å². The van der Waals surface area contributed by atoms with Crippen LogP contribution in [0.4, 0.5) is 0 Å². The summed E-state index contributed by atoms with van der Waals surface area (Å²) in [5, 5.41) is 10.3. The summed E-state index contributed by atoms with van der Waals surface area (Å²) < 4.78 is 10.1. The van der Waals surface area contributed by atoms with Gasteiger partial charge in [-0.3, -0.25) is 0 Å². The fourth-order valence-electron chi connectivity index (χ4n) is 16.9. The van der Waals surface area contributed by atoms with Gasteiger partial charge < -0.3 is 9.13 Å². The van der Waals surface area contributed by atoms with Gasteiger partial charge in [-0.05, 0) is 227 Å². The molecular weight excluding hydrogens is 1390 g/mol. The number of aromatic nitrogens is 2. The van der Waals surface area contributed by atoms with Crippen molar-refractivity contribution in [1.29, 1.82) is 0 Å². The Kier molecular flexibility index (Phi) is 16.7. The molecule has 0 N–H and O–H groups in total. The van der Waals surface area contributed by atoms with E-state index in [-0.39, 0.29) is 0 Å². The highest BCUT2D eigenvalue weighted by molar-refractivity contribution is 7.26. The first-order valence-corrected chi connectivity index (χ1v) is 40.0. The molecule has 22 rings (SSSR count). The molecule has 0 radical (unpaired) electrons. The Balaban J connectivity index is 0.000000141. The van der Waals surface area contributed by atoms with Crippen LogP contribution in [0.3, 0.4) is 0 Å². The summed E-state index contributed by atoms with van der Waals surface area (Å²) in [5.74, 6) is 0. The topological polar surface area (TPSA) is 9.86 Å². The minimum absolute atomic E-state index is 1.16. The number of nitrogens with zero attached hydrogens (tertiary/aromatic N) is 2. The van der Waals surface area contributed by atoms with Gasteiger partial charge in [0.25, 0.3) is 0 Å². The van der Waals surface area contributed by atoms with E-state index in [1.807, 2.05) is 22.7 Å². The van der Waals surface area contributed by atoms with Gasteiger partial charge in [-0.1, -0.05) is 309 Å². The zero-order chi connectivity index (χ0) is 74.0. The van der Waals surface area contributed by atoms with Gasteiger partial charge in [-0.25, -0.2) is 0 Å². The predicted molar refractivity (Wildman–Crippen MR) is 482 cm³/mol. The molecule has 0 atom stereocenters. The zero-order valence-corrected chi connectivity index (χ0v) is 62.8. The van der Waals surface area contributed by atoms with E-state index in [1.54, 1.807) is 0 Å². The molecule has 4 heteroatoms. The van der Waals surface area contributed by atoms with Crippen LogP contribution in [-0.2, 0) is 0 Å². The lowest BCUT2D eigenvalue weighted by atomic mass is 9.91. The average Bonchev–Trinajstić information content (AvgIpc) is 1.56. The molecule has 0 aliphatic rings. The first kappa shape index (κ1) is 66.2. The summed E-state index contributed by atoms with van der Waals surface area (Å²) in [7, 11) is 0. The van der Waals surface area contributed by atoms with Crippen LogP contribution in [0, 0.1) is 0 Å². The summed E-state index contributed by atoms with van der Waals surface area (Å²) in [6, 6.07) is 155. The lowest BCUT2D eigenvalue weighted by Gasteiger charge is -2.14. The third kappa shape index (κ3) is 12.1. The Bertz CT molecular complexity index is 7310. The standard InChI is InChI=1S/2C54H35NS/c1-3-13-36(14-4-1)38-25-28-45(29-26-38)55-51-23-9-7-19-47(51)50-35-41(27-30-52(50)55)43-32-42(40-18-11-17-39(31-40)37-15-5-2-6-16-37)33-44(34-43)46-21-12-22-49-48-20-8-10-24-53(48)56-54(46)49;1-3-12-36(13-4-1)38-22-24-40(25-23-38)42-32-43(34-44(33-42)46-18-11-19-49-48-17-8-10-21-53(48)56-54(46)49)41-28-31-52-50(35-41)47-16-7-9-20-51(47)55(52)45-29-26-39(27-30-45)37-14-5-2-6-15-37/h2*1-35H. The maximum absolute atomic E-state index is 2.41. The van der Waals surface area contributed by atoms with Crippen LogP contribution in [-0.4, -0.2) is 9.13 Å². The van der Waals surface area contributed by atoms with Crippen LogP contribution in [0.15, 0.2) is 425 Å². The van der Waals surface area contributed by atoms with Crippen molar-refractivity contribution in [2.24, 2.45) is 0 Å². The highest BCUT2D eigenvalue weighted by atomic mass is 32.1. The number of rotatable bonds is 12. The molecule has 0 saturated carbocycles. The van der Waals surface area contributed by atoms with Gasteiger partial charge in [0.1, 0.15) is 0 Å². The van der Waals surface area contributed by atoms with Crippen molar-refractivity contribution >= 4 is 107 Å². The Morgan fingerprint density at radius 2 is 0.393 bits per heavy atom. The molecular formula is C108H70N2S2. The van der Waals surface area contributed by atoms with Gasteiger partial charge in [0, 0.05) is 73.3 Å². The number of hydrogen-bond acceptors (Lipinski definition) is 2. The van der Waals surface area contributed by atoms with Crippen molar-refractivity contribution < 1.29 is 0 Å². The molecule has 18 aromatic carbocycles. The van der Waals surface area contributed by atoms with Crippen molar-refractivity contribution in [1.82, 2.24) is 9.13 Å². The first-order valence-electron chi connectivity index (χ1n) is 38.3. The first-order chi connectivity index (χ1) is 55.5. The number of fused-ring (bicyclic) bond motifs is 12. The van der Waals surface area contributed by atoms with E-state index in [0.717, 1.165) is 11.4 Å². The largest absolute Gasteiger partial charge is 0.309 e. The molecule has 4 aromatic heterocycles. The SMILES string of the molecule is c1ccc(-c2ccc(-c3cc(-c4ccc5c(c4)c4ccccc4n5-c4ccc(-c5ccccc5)cc4)cc(-c4cccc5c4sc4ccccc45)c3)cc2)cc1.c1ccc(-c2ccc(-n3c4ccccc4c4cc(-c5cc(-c6cccc(-c7ccccc7)c6)cc(-c6cccc7c6sc6ccccc67)c5)ccc43)cc2)cc1. The van der Waals surface area contributed by atoms with E-state index < -0.39 is 0 Å². The smallest absolute Gasteiger partial charge is 0.0541 e. The summed E-state index contributed by atoms with van der Waals surface area (Å²) in [5.41, 5.74) is 31.5. The van der Waals surface area contributed by atoms with E-state index in [1.165, 1.54) is 195 Å². The summed E-state index contributed by atoms with van der Waals surface area (Å²) in [4.78, 5) is 0. The molecule has 0 bridgehead atoms. The third-order valence-electron chi connectivity index (χ3n) is 22.4. The maximum atomic E-state index is 2.41. The molecule has 4 heterocycles. The second kappa shape index (κ2) is 28.2. The van der Waals surface area contributed by atoms with Crippen LogP contribution < -0.4 is 0 Å². The molecule has 0 aliphatic carbocycles. The van der Waals surface area contributed by atoms with Crippen molar-refractivity contribution in [2.45, 2.75) is 0 Å². The van der Waals surface area contributed by atoms with E-state index in [4.69, 9.17) is 0 Å². The molecule has 524 valence electrons. The van der Waals surface area contributed by atoms with E-state index >= 15 is 0 Å². The van der Waals surface area contributed by atoms with Crippen LogP contribution in [0.25, 0.3) is 207 Å². The van der Waals surface area contributed by atoms with Gasteiger partial charge in [0.15, 0.2) is 0 Å². The van der Waals surface area contributed by atoms with Gasteiger partial charge in [-0.2, -0.15) is 0 Å². The monoisotopic (exact) mass is 1460 g/mol. The van der Waals surface area contributed by atoms with Crippen molar-refractivity contribution in [2.75, 3.05) is 0 Å². The minimum Gasteiger partial charge on any atom is -0.309 e. The fourth-order valence-corrected chi connectivity index (χ4v) is 19.4. The summed E-state index contributed by atoms with van der Waals surface area (Å²) in [6.07, 6.45) is 0. The summed E-state index contributed by atoms with van der Waals surface area (Å²) in [6.45, 7) is 0. The van der Waals surface area contributed by atoms with E-state index in [2.05, 4.69) is 434 Å². The highest BCUT2D eigenvalue weighted by Crippen LogP contribution is 2.47. The molecule has 0 saturated heterocycles. The quantitative estimate of drug-likeness (QED) is 0.115. The van der Waals surface area contributed by atoms with Crippen LogP contribution in [0.5, 0.6) is 0 Å². The van der Waals surface area contributed by atoms with Crippen LogP contribution in [0.1, 0.15) is 0 Å². The maximum Gasteiger partial charge on any atom is 0.0541 e. The molecule has 0 aliphatic heterocycles. The molecule has 0 amide bonds. The Hall–Kier alpha value is -14.0. The lowest BCUT2D eigenvalue weighted by molar-refractivity contribution is 1.18. The number of para-hydroxylation sites is 2. The normalized spacial score (nSPS) is 11.6. The highest BCUT2D eigenvalue weighted by Gasteiger charge is 2.21. The Labute approximate surface area is 658 Å². The zero-order valence-electron chi connectivity index (χ0n) is 61.1. The Morgan fingerprint density at radius 1 is 0.143 bits per heavy atom. The molecule has 0 unspecified atom stereocenters. The predicted octanol–water partition coefficient (Wildman–Crippen LogP) is 31.0. The molecule has 0 fully saturated rings. The third-order valence-corrected chi connectivity index (χ3v) is 24.8. The molecule has 22 aromatic rings. The summed E-state index contributed by atoms with van der Waals surface area (Å²) >= 11 is 3.77. The number of hydrogen-bond donors (Lipinski definition) is 0. The Morgan fingerprint density at radius 3 is 0.804 bits per heavy atom. The van der Waals surface area contributed by atoms with E-state index in [0.29, 0.717) is 0 Å². The average molecular weight is 1460 g/mol. The van der Waals surface area contributed by atoms with Crippen LogP contribution >= 0.6 is 22.7 Å². The van der Waals surface area contributed by atoms with Gasteiger partial charge >= 0.3 is 0 Å². The number of benzene rings is 18. The van der Waals surface area contributed by atoms with Gasteiger partial charge in [0.2, 0.25) is 0 Å². The van der Waals surface area contributed by atoms with Crippen molar-refractivity contribution in [3.05, 3.63) is 425 Å². The molecule has 2 nitrogen and oxygen atoms in total. The second-order valence-electron chi connectivity index (χ2n) is 29.0.